The number of benzene rings is 2. The zero-order valence-corrected chi connectivity index (χ0v) is 19.3. The lowest BCUT2D eigenvalue weighted by molar-refractivity contribution is -0.123. The Bertz CT molecular complexity index is 1150. The molecule has 1 aliphatic carbocycles. The molecule has 5 nitrogen and oxygen atoms in total. The Morgan fingerprint density at radius 1 is 1.03 bits per heavy atom. The summed E-state index contributed by atoms with van der Waals surface area (Å²) in [5.74, 6) is -0.359. The van der Waals surface area contributed by atoms with Gasteiger partial charge in [-0.25, -0.2) is 8.42 Å². The number of carbonyl (C=O) groups is 1. The van der Waals surface area contributed by atoms with Gasteiger partial charge in [0.05, 0.1) is 9.83 Å². The highest BCUT2D eigenvalue weighted by Gasteiger charge is 2.30. The van der Waals surface area contributed by atoms with Crippen molar-refractivity contribution in [3.05, 3.63) is 87.2 Å². The van der Waals surface area contributed by atoms with Crippen LogP contribution in [-0.2, 0) is 21.2 Å². The van der Waals surface area contributed by atoms with Gasteiger partial charge in [-0.15, -0.1) is 11.3 Å². The Kier molecular flexibility index (Phi) is 6.38. The summed E-state index contributed by atoms with van der Waals surface area (Å²) in [5, 5.41) is 3.08. The van der Waals surface area contributed by atoms with Crippen LogP contribution < -0.4 is 10.0 Å². The van der Waals surface area contributed by atoms with Crippen LogP contribution in [0.2, 0.25) is 0 Å². The summed E-state index contributed by atoms with van der Waals surface area (Å²) in [6, 6.07) is 19.1. The summed E-state index contributed by atoms with van der Waals surface area (Å²) in [6.07, 6.45) is 2.80. The van der Waals surface area contributed by atoms with Crippen molar-refractivity contribution in [3.63, 3.8) is 0 Å². The van der Waals surface area contributed by atoms with Gasteiger partial charge in [0, 0.05) is 0 Å². The number of sulfonamides is 1. The molecule has 30 heavy (non-hydrogen) atoms. The average molecular weight is 505 g/mol. The summed E-state index contributed by atoms with van der Waals surface area (Å²) in [7, 11) is -3.86. The van der Waals surface area contributed by atoms with E-state index in [1.807, 2.05) is 24.3 Å². The van der Waals surface area contributed by atoms with Gasteiger partial charge < -0.3 is 5.32 Å². The Morgan fingerprint density at radius 3 is 2.50 bits per heavy atom. The molecule has 2 atom stereocenters. The maximum absolute atomic E-state index is 13.3. The first-order chi connectivity index (χ1) is 14.4. The molecule has 2 aromatic carbocycles. The van der Waals surface area contributed by atoms with Crippen LogP contribution in [0.4, 0.5) is 0 Å². The second-order valence-corrected chi connectivity index (χ2v) is 11.6. The van der Waals surface area contributed by atoms with E-state index in [0.29, 0.717) is 9.35 Å². The van der Waals surface area contributed by atoms with Gasteiger partial charge in [0.1, 0.15) is 10.3 Å². The summed E-state index contributed by atoms with van der Waals surface area (Å²) >= 11 is 4.40. The van der Waals surface area contributed by atoms with E-state index in [9.17, 15) is 13.2 Å². The highest BCUT2D eigenvalue weighted by Crippen LogP contribution is 2.31. The second kappa shape index (κ2) is 9.01. The van der Waals surface area contributed by atoms with Crippen LogP contribution in [0.15, 0.2) is 74.7 Å². The molecule has 0 unspecified atom stereocenters. The van der Waals surface area contributed by atoms with Crippen molar-refractivity contribution >= 4 is 43.2 Å². The fraction of sp³-hybridized carbons (Fsp3) is 0.227. The van der Waals surface area contributed by atoms with E-state index < -0.39 is 16.1 Å². The number of halogens is 1. The van der Waals surface area contributed by atoms with Crippen molar-refractivity contribution in [1.29, 1.82) is 0 Å². The molecule has 0 saturated heterocycles. The number of carbonyl (C=O) groups excluding carboxylic acids is 1. The van der Waals surface area contributed by atoms with Gasteiger partial charge in [0.2, 0.25) is 5.91 Å². The molecule has 1 aliphatic rings. The lowest BCUT2D eigenvalue weighted by atomic mass is 9.87. The molecular weight excluding hydrogens is 484 g/mol. The Labute approximate surface area is 188 Å². The normalized spacial score (nSPS) is 17.2. The number of hydrogen-bond donors (Lipinski definition) is 2. The van der Waals surface area contributed by atoms with Crippen molar-refractivity contribution in [2.75, 3.05) is 0 Å². The number of hydrogen-bond acceptors (Lipinski definition) is 4. The van der Waals surface area contributed by atoms with Crippen molar-refractivity contribution in [2.45, 2.75) is 35.6 Å². The standard InChI is InChI=1S/C22H21BrN2O3S2/c23-19-13-14-20(29-19)30(27,28)25-21(16-8-2-1-3-9-16)22(26)24-18-12-6-10-15-7-4-5-11-17(15)18/h1-5,7-9,11,13-14,18,21,25H,6,10,12H2,(H,24,26)/t18-,21-/m0/s1. The molecule has 1 heterocycles. The van der Waals surface area contributed by atoms with Crippen molar-refractivity contribution in [3.8, 4) is 0 Å². The minimum Gasteiger partial charge on any atom is -0.348 e. The maximum Gasteiger partial charge on any atom is 0.251 e. The van der Waals surface area contributed by atoms with Crippen LogP contribution in [0.1, 0.15) is 41.6 Å². The molecule has 0 bridgehead atoms. The van der Waals surface area contributed by atoms with Gasteiger partial charge in [0.25, 0.3) is 10.0 Å². The molecule has 4 rings (SSSR count). The van der Waals surface area contributed by atoms with Crippen molar-refractivity contribution in [2.24, 2.45) is 0 Å². The summed E-state index contributed by atoms with van der Waals surface area (Å²) in [4.78, 5) is 13.3. The second-order valence-electron chi connectivity index (χ2n) is 7.18. The zero-order valence-electron chi connectivity index (χ0n) is 16.0. The third-order valence-electron chi connectivity index (χ3n) is 5.17. The van der Waals surface area contributed by atoms with Gasteiger partial charge in [-0.2, -0.15) is 4.72 Å². The SMILES string of the molecule is O=C(N[C@H]1CCCc2ccccc21)[C@@H](NS(=O)(=O)c1ccc(Br)s1)c1ccccc1. The van der Waals surface area contributed by atoms with Gasteiger partial charge in [-0.05, 0) is 64.0 Å². The van der Waals surface area contributed by atoms with E-state index in [1.54, 1.807) is 30.3 Å². The van der Waals surface area contributed by atoms with E-state index in [-0.39, 0.29) is 16.2 Å². The van der Waals surface area contributed by atoms with Crippen molar-refractivity contribution in [1.82, 2.24) is 10.0 Å². The van der Waals surface area contributed by atoms with Crippen LogP contribution in [-0.4, -0.2) is 14.3 Å². The van der Waals surface area contributed by atoms with Gasteiger partial charge in [-0.1, -0.05) is 54.6 Å². The van der Waals surface area contributed by atoms with E-state index in [4.69, 9.17) is 0 Å². The molecule has 0 saturated carbocycles. The molecule has 1 aromatic heterocycles. The molecule has 0 aliphatic heterocycles. The molecule has 0 fully saturated rings. The maximum atomic E-state index is 13.3. The smallest absolute Gasteiger partial charge is 0.251 e. The summed E-state index contributed by atoms with van der Waals surface area (Å²) in [6.45, 7) is 0. The third kappa shape index (κ3) is 4.67. The van der Waals surface area contributed by atoms with E-state index >= 15 is 0 Å². The lowest BCUT2D eigenvalue weighted by Crippen LogP contribution is -2.42. The van der Waals surface area contributed by atoms with Gasteiger partial charge in [0.15, 0.2) is 0 Å². The lowest BCUT2D eigenvalue weighted by Gasteiger charge is -2.28. The van der Waals surface area contributed by atoms with Crippen LogP contribution >= 0.6 is 27.3 Å². The molecular formula is C22H21BrN2O3S2. The number of aryl methyl sites for hydroxylation is 1. The van der Waals surface area contributed by atoms with Crippen LogP contribution in [0.5, 0.6) is 0 Å². The Balaban J connectivity index is 1.61. The minimum atomic E-state index is -3.86. The first-order valence-electron chi connectivity index (χ1n) is 9.65. The topological polar surface area (TPSA) is 75.3 Å². The van der Waals surface area contributed by atoms with Crippen LogP contribution in [0, 0.1) is 0 Å². The largest absolute Gasteiger partial charge is 0.348 e. The van der Waals surface area contributed by atoms with Crippen LogP contribution in [0.3, 0.4) is 0 Å². The van der Waals surface area contributed by atoms with Crippen LogP contribution in [0.25, 0.3) is 0 Å². The highest BCUT2D eigenvalue weighted by atomic mass is 79.9. The number of nitrogens with one attached hydrogen (secondary N) is 2. The Morgan fingerprint density at radius 2 is 1.77 bits per heavy atom. The number of thiophene rings is 1. The molecule has 0 spiro atoms. The van der Waals surface area contributed by atoms with Gasteiger partial charge in [-0.3, -0.25) is 4.79 Å². The van der Waals surface area contributed by atoms with Gasteiger partial charge >= 0.3 is 0 Å². The van der Waals surface area contributed by atoms with E-state index in [2.05, 4.69) is 32.0 Å². The Hall–Kier alpha value is -2.00. The average Bonchev–Trinajstić information content (AvgIpc) is 3.20. The number of fused-ring (bicyclic) bond motifs is 1. The highest BCUT2D eigenvalue weighted by molar-refractivity contribution is 9.11. The first kappa shape index (κ1) is 21.2. The van der Waals surface area contributed by atoms with Crippen molar-refractivity contribution < 1.29 is 13.2 Å². The number of rotatable bonds is 6. The molecule has 1 amide bonds. The van der Waals surface area contributed by atoms with E-state index in [0.717, 1.165) is 36.2 Å². The summed E-state index contributed by atoms with van der Waals surface area (Å²) < 4.78 is 29.3. The quantitative estimate of drug-likeness (QED) is 0.509. The summed E-state index contributed by atoms with van der Waals surface area (Å²) in [5.41, 5.74) is 2.93. The van der Waals surface area contributed by atoms with E-state index in [1.165, 1.54) is 11.6 Å². The third-order valence-corrected chi connectivity index (χ3v) is 8.71. The first-order valence-corrected chi connectivity index (χ1v) is 12.7. The zero-order chi connectivity index (χ0) is 21.1. The monoisotopic (exact) mass is 504 g/mol. The number of amides is 1. The minimum absolute atomic E-state index is 0.131. The molecule has 156 valence electrons. The fourth-order valence-corrected chi connectivity index (χ4v) is 6.94. The predicted octanol–water partition coefficient (Wildman–Crippen LogP) is 4.72. The fourth-order valence-electron chi connectivity index (χ4n) is 3.73. The predicted molar refractivity (Wildman–Crippen MR) is 122 cm³/mol. The molecule has 2 N–H and O–H groups in total. The molecule has 3 aromatic rings. The molecule has 8 heteroatoms. The molecule has 0 radical (unpaired) electrons.